The molecule has 3 nitrogen and oxygen atoms in total. The second-order valence-corrected chi connectivity index (χ2v) is 5.69. The van der Waals surface area contributed by atoms with Crippen LogP contribution in [-0.2, 0) is 14.6 Å². The molecule has 22 heavy (non-hydrogen) atoms. The molecule has 0 spiro atoms. The first-order valence-corrected chi connectivity index (χ1v) is 8.79. The van der Waals surface area contributed by atoms with Crippen LogP contribution >= 0.6 is 0 Å². The lowest BCUT2D eigenvalue weighted by atomic mass is 10.1. The van der Waals surface area contributed by atoms with Crippen LogP contribution in [0.1, 0.15) is 84.5 Å². The Labute approximate surface area is 136 Å². The highest BCUT2D eigenvalue weighted by Crippen LogP contribution is 2.11. The van der Waals surface area contributed by atoms with Gasteiger partial charge in [0.2, 0.25) is 5.76 Å². The summed E-state index contributed by atoms with van der Waals surface area (Å²) in [5, 5.41) is 0. The minimum absolute atomic E-state index is 0.0890. The monoisotopic (exact) mass is 310 g/mol. The van der Waals surface area contributed by atoms with Crippen molar-refractivity contribution in [2.75, 3.05) is 7.11 Å². The topological polar surface area (TPSA) is 35.5 Å². The summed E-state index contributed by atoms with van der Waals surface area (Å²) in [4.78, 5) is 20.6. The van der Waals surface area contributed by atoms with Crippen LogP contribution in [-0.4, -0.2) is 12.9 Å². The molecule has 0 aromatic rings. The number of allylic oxidation sites excluding steroid dienone is 4. The SMILES string of the molecule is CCCC/C=C\CCCCCCCC/C=C(/OOC)C(C)=O. The number of carbonyl (C=O) groups is 1. The Morgan fingerprint density at radius 3 is 1.95 bits per heavy atom. The third-order valence-corrected chi connectivity index (χ3v) is 3.57. The Hall–Kier alpha value is -1.09. The molecule has 0 aromatic carbocycles. The second-order valence-electron chi connectivity index (χ2n) is 5.69. The van der Waals surface area contributed by atoms with Crippen LogP contribution in [0.4, 0.5) is 0 Å². The Kier molecular flexibility index (Phi) is 15.5. The summed E-state index contributed by atoms with van der Waals surface area (Å²) in [6.45, 7) is 3.72. The van der Waals surface area contributed by atoms with E-state index in [1.165, 1.54) is 71.8 Å². The van der Waals surface area contributed by atoms with Gasteiger partial charge >= 0.3 is 0 Å². The smallest absolute Gasteiger partial charge is 0.203 e. The van der Waals surface area contributed by atoms with Crippen molar-refractivity contribution in [3.8, 4) is 0 Å². The van der Waals surface area contributed by atoms with Crippen molar-refractivity contribution in [2.45, 2.75) is 84.5 Å². The van der Waals surface area contributed by atoms with Gasteiger partial charge < -0.3 is 4.89 Å². The fraction of sp³-hybridized carbons (Fsp3) is 0.737. The quantitative estimate of drug-likeness (QED) is 0.0942. The zero-order chi connectivity index (χ0) is 16.5. The lowest BCUT2D eigenvalue weighted by molar-refractivity contribution is -0.236. The molecule has 128 valence electrons. The minimum atomic E-state index is -0.0890. The Morgan fingerprint density at radius 1 is 0.864 bits per heavy atom. The predicted octanol–water partition coefficient (Wildman–Crippen LogP) is 5.90. The summed E-state index contributed by atoms with van der Waals surface area (Å²) < 4.78 is 0. The van der Waals surface area contributed by atoms with Gasteiger partial charge in [0.15, 0.2) is 5.78 Å². The molecule has 0 aliphatic rings. The molecule has 0 aliphatic heterocycles. The van der Waals surface area contributed by atoms with E-state index in [-0.39, 0.29) is 5.78 Å². The molecule has 0 saturated heterocycles. The molecule has 0 saturated carbocycles. The van der Waals surface area contributed by atoms with Crippen LogP contribution < -0.4 is 0 Å². The largest absolute Gasteiger partial charge is 0.334 e. The van der Waals surface area contributed by atoms with Gasteiger partial charge in [-0.1, -0.05) is 57.6 Å². The molecule has 0 amide bonds. The average Bonchev–Trinajstić information content (AvgIpc) is 2.50. The number of carbonyl (C=O) groups excluding carboxylic acids is 1. The summed E-state index contributed by atoms with van der Waals surface area (Å²) in [7, 11) is 1.41. The zero-order valence-corrected chi connectivity index (χ0v) is 14.7. The molecule has 0 N–H and O–H groups in total. The molecule has 0 heterocycles. The molecule has 0 radical (unpaired) electrons. The normalized spacial score (nSPS) is 12.0. The van der Waals surface area contributed by atoms with E-state index in [0.717, 1.165) is 12.8 Å². The molecule has 0 fully saturated rings. The first kappa shape index (κ1) is 20.9. The van der Waals surface area contributed by atoms with E-state index in [1.54, 1.807) is 0 Å². The van der Waals surface area contributed by atoms with Crippen LogP contribution in [0.5, 0.6) is 0 Å². The Bertz CT molecular complexity index is 319. The summed E-state index contributed by atoms with van der Waals surface area (Å²) in [5.74, 6) is 0.228. The number of Topliss-reactive ketones (excluding diaryl/α,β-unsaturated/α-hetero) is 1. The third-order valence-electron chi connectivity index (χ3n) is 3.57. The van der Waals surface area contributed by atoms with E-state index in [4.69, 9.17) is 4.89 Å². The second kappa shape index (κ2) is 16.3. The predicted molar refractivity (Wildman–Crippen MR) is 92.5 cm³/mol. The van der Waals surface area contributed by atoms with Crippen LogP contribution in [0.15, 0.2) is 24.0 Å². The van der Waals surface area contributed by atoms with Crippen LogP contribution in [0.2, 0.25) is 0 Å². The molecule has 0 rings (SSSR count). The molecular weight excluding hydrogens is 276 g/mol. The highest BCUT2D eigenvalue weighted by molar-refractivity contribution is 5.90. The Balaban J connectivity index is 3.41. The zero-order valence-electron chi connectivity index (χ0n) is 14.7. The van der Waals surface area contributed by atoms with E-state index in [0.29, 0.717) is 5.76 Å². The standard InChI is InChI=1S/C19H34O3/c1-4-5-6-7-8-9-10-11-12-13-14-15-16-17-19(18(2)20)22-21-3/h7-8,17H,4-6,9-16H2,1-3H3/b8-7-,19-17+. The van der Waals surface area contributed by atoms with Crippen molar-refractivity contribution in [1.82, 2.24) is 0 Å². The maximum absolute atomic E-state index is 11.2. The number of unbranched alkanes of at least 4 members (excludes halogenated alkanes) is 9. The van der Waals surface area contributed by atoms with E-state index in [9.17, 15) is 4.79 Å². The summed E-state index contributed by atoms with van der Waals surface area (Å²) in [6, 6.07) is 0. The maximum Gasteiger partial charge on any atom is 0.203 e. The number of hydrogen-bond acceptors (Lipinski definition) is 3. The van der Waals surface area contributed by atoms with Crippen molar-refractivity contribution < 1.29 is 14.6 Å². The van der Waals surface area contributed by atoms with Crippen LogP contribution in [0.3, 0.4) is 0 Å². The van der Waals surface area contributed by atoms with Crippen molar-refractivity contribution in [3.63, 3.8) is 0 Å². The fourth-order valence-electron chi connectivity index (χ4n) is 2.23. The molecular formula is C19H34O3. The van der Waals surface area contributed by atoms with Crippen molar-refractivity contribution >= 4 is 5.78 Å². The highest BCUT2D eigenvalue weighted by atomic mass is 17.2. The molecule has 3 heteroatoms. The highest BCUT2D eigenvalue weighted by Gasteiger charge is 2.04. The van der Waals surface area contributed by atoms with Gasteiger partial charge in [0.25, 0.3) is 0 Å². The van der Waals surface area contributed by atoms with Gasteiger partial charge in [-0.05, 0) is 38.2 Å². The maximum atomic E-state index is 11.2. The van der Waals surface area contributed by atoms with Crippen molar-refractivity contribution in [3.05, 3.63) is 24.0 Å². The van der Waals surface area contributed by atoms with Gasteiger partial charge in [0, 0.05) is 6.92 Å². The number of rotatable bonds is 15. The number of ketones is 1. The molecule has 0 aliphatic carbocycles. The van der Waals surface area contributed by atoms with Crippen molar-refractivity contribution in [1.29, 1.82) is 0 Å². The average molecular weight is 310 g/mol. The van der Waals surface area contributed by atoms with Crippen LogP contribution in [0, 0.1) is 0 Å². The van der Waals surface area contributed by atoms with Gasteiger partial charge in [-0.25, -0.2) is 0 Å². The molecule has 0 unspecified atom stereocenters. The molecule has 0 aromatic heterocycles. The van der Waals surface area contributed by atoms with E-state index < -0.39 is 0 Å². The van der Waals surface area contributed by atoms with Gasteiger partial charge in [0.05, 0.1) is 7.11 Å². The summed E-state index contributed by atoms with van der Waals surface area (Å²) in [5.41, 5.74) is 0. The van der Waals surface area contributed by atoms with E-state index in [1.807, 2.05) is 6.08 Å². The molecule has 0 bridgehead atoms. The Morgan fingerprint density at radius 2 is 1.41 bits per heavy atom. The van der Waals surface area contributed by atoms with Gasteiger partial charge in [-0.2, -0.15) is 4.89 Å². The summed E-state index contributed by atoms with van der Waals surface area (Å²) >= 11 is 0. The third kappa shape index (κ3) is 13.9. The van der Waals surface area contributed by atoms with E-state index in [2.05, 4.69) is 24.0 Å². The van der Waals surface area contributed by atoms with Gasteiger partial charge in [0.1, 0.15) is 0 Å². The lowest BCUT2D eigenvalue weighted by Crippen LogP contribution is -2.01. The van der Waals surface area contributed by atoms with Gasteiger partial charge in [-0.3, -0.25) is 4.79 Å². The van der Waals surface area contributed by atoms with Gasteiger partial charge in [-0.15, -0.1) is 0 Å². The first-order chi connectivity index (χ1) is 10.7. The summed E-state index contributed by atoms with van der Waals surface area (Å²) in [6.07, 6.45) is 19.9. The van der Waals surface area contributed by atoms with E-state index >= 15 is 0 Å². The first-order valence-electron chi connectivity index (χ1n) is 8.79. The molecule has 0 atom stereocenters. The van der Waals surface area contributed by atoms with Crippen LogP contribution in [0.25, 0.3) is 0 Å². The lowest BCUT2D eigenvalue weighted by Gasteiger charge is -2.03. The fourth-order valence-corrected chi connectivity index (χ4v) is 2.23. The minimum Gasteiger partial charge on any atom is -0.334 e. The van der Waals surface area contributed by atoms with Crippen molar-refractivity contribution in [2.24, 2.45) is 0 Å². The number of hydrogen-bond donors (Lipinski definition) is 0.